The molecule has 0 amide bonds. The van der Waals surface area contributed by atoms with Crippen molar-refractivity contribution in [3.8, 4) is 0 Å². The maximum absolute atomic E-state index is 13.8. The van der Waals surface area contributed by atoms with Gasteiger partial charge in [0.15, 0.2) is 0 Å². The van der Waals surface area contributed by atoms with Crippen LogP contribution in [-0.2, 0) is 4.79 Å². The molecule has 1 aliphatic heterocycles. The van der Waals surface area contributed by atoms with Gasteiger partial charge in [-0.05, 0) is 26.0 Å². The number of halogens is 1. The van der Waals surface area contributed by atoms with Crippen molar-refractivity contribution in [2.24, 2.45) is 0 Å². The molecule has 0 aliphatic carbocycles. The van der Waals surface area contributed by atoms with E-state index < -0.39 is 5.97 Å². The zero-order valence-electron chi connectivity index (χ0n) is 9.98. The lowest BCUT2D eigenvalue weighted by atomic mass is 9.97. The van der Waals surface area contributed by atoms with Crippen LogP contribution in [0.25, 0.3) is 0 Å². The van der Waals surface area contributed by atoms with Gasteiger partial charge in [0.25, 0.3) is 0 Å². The van der Waals surface area contributed by atoms with Gasteiger partial charge >= 0.3 is 5.97 Å². The molecule has 92 valence electrons. The third-order valence-electron chi connectivity index (χ3n) is 3.21. The van der Waals surface area contributed by atoms with Crippen molar-refractivity contribution in [2.45, 2.75) is 32.2 Å². The molecule has 1 aromatic rings. The first-order valence-corrected chi connectivity index (χ1v) is 5.77. The number of hydrogen-bond donors (Lipinski definition) is 1. The first kappa shape index (κ1) is 11.9. The molecular formula is C13H16FNO2. The summed E-state index contributed by atoms with van der Waals surface area (Å²) in [5, 5.41) is 8.87. The zero-order chi connectivity index (χ0) is 12.6. The number of benzene rings is 1. The average Bonchev–Trinajstić information content (AvgIpc) is 2.57. The summed E-state index contributed by atoms with van der Waals surface area (Å²) < 4.78 is 13.8. The van der Waals surface area contributed by atoms with Crippen LogP contribution in [0, 0.1) is 5.82 Å². The van der Waals surface area contributed by atoms with Crippen LogP contribution in [-0.4, -0.2) is 23.7 Å². The van der Waals surface area contributed by atoms with Gasteiger partial charge in [0.2, 0.25) is 0 Å². The number of nitrogens with zero attached hydrogens (tertiary/aromatic N) is 1. The minimum Gasteiger partial charge on any atom is -0.481 e. The average molecular weight is 237 g/mol. The van der Waals surface area contributed by atoms with Crippen LogP contribution >= 0.6 is 0 Å². The van der Waals surface area contributed by atoms with Crippen molar-refractivity contribution in [1.29, 1.82) is 0 Å². The highest BCUT2D eigenvalue weighted by Gasteiger charge is 2.33. The first-order valence-electron chi connectivity index (χ1n) is 5.77. The van der Waals surface area contributed by atoms with E-state index in [0.29, 0.717) is 12.1 Å². The highest BCUT2D eigenvalue weighted by atomic mass is 19.1. The Balaban J connectivity index is 2.41. The lowest BCUT2D eigenvalue weighted by Gasteiger charge is -2.24. The number of aliphatic carboxylic acids is 1. The molecule has 0 aromatic heterocycles. The molecule has 0 bridgehead atoms. The first-order chi connectivity index (χ1) is 8.00. The second-order valence-electron chi connectivity index (χ2n) is 4.71. The number of anilines is 1. The normalized spacial score (nSPS) is 18.6. The van der Waals surface area contributed by atoms with E-state index in [1.54, 1.807) is 6.07 Å². The molecule has 0 saturated heterocycles. The predicted molar refractivity (Wildman–Crippen MR) is 63.9 cm³/mol. The van der Waals surface area contributed by atoms with E-state index in [-0.39, 0.29) is 24.2 Å². The lowest BCUT2D eigenvalue weighted by Crippen LogP contribution is -2.29. The molecule has 2 rings (SSSR count). The van der Waals surface area contributed by atoms with Crippen molar-refractivity contribution in [3.05, 3.63) is 29.6 Å². The maximum atomic E-state index is 13.8. The number of rotatable bonds is 3. The summed E-state index contributed by atoms with van der Waals surface area (Å²) in [4.78, 5) is 12.9. The molecule has 0 spiro atoms. The summed E-state index contributed by atoms with van der Waals surface area (Å²) in [6.07, 6.45) is -0.0167. The summed E-state index contributed by atoms with van der Waals surface area (Å²) in [5.74, 6) is -1.42. The Kier molecular flexibility index (Phi) is 3.05. The van der Waals surface area contributed by atoms with E-state index in [2.05, 4.69) is 4.90 Å². The minimum atomic E-state index is -0.880. The SMILES string of the molecule is CC(C)N1CC(CC(=O)O)c2c(F)cccc21. The minimum absolute atomic E-state index is 0.0167. The van der Waals surface area contributed by atoms with Crippen LogP contribution in [0.15, 0.2) is 18.2 Å². The zero-order valence-corrected chi connectivity index (χ0v) is 9.98. The second-order valence-corrected chi connectivity index (χ2v) is 4.71. The van der Waals surface area contributed by atoms with Gasteiger partial charge in [-0.1, -0.05) is 6.07 Å². The van der Waals surface area contributed by atoms with Gasteiger partial charge < -0.3 is 10.0 Å². The monoisotopic (exact) mass is 237 g/mol. The van der Waals surface area contributed by atoms with Crippen molar-refractivity contribution in [2.75, 3.05) is 11.4 Å². The fourth-order valence-corrected chi connectivity index (χ4v) is 2.47. The van der Waals surface area contributed by atoms with Crippen LogP contribution in [0.4, 0.5) is 10.1 Å². The second kappa shape index (κ2) is 4.35. The van der Waals surface area contributed by atoms with Crippen LogP contribution in [0.1, 0.15) is 31.7 Å². The molecule has 3 nitrogen and oxygen atoms in total. The fraction of sp³-hybridized carbons (Fsp3) is 0.462. The molecule has 1 N–H and O–H groups in total. The Labute approximate surface area is 99.9 Å². The number of carboxylic acids is 1. The van der Waals surface area contributed by atoms with Crippen LogP contribution in [0.5, 0.6) is 0 Å². The Hall–Kier alpha value is -1.58. The Morgan fingerprint density at radius 1 is 1.59 bits per heavy atom. The summed E-state index contributed by atoms with van der Waals surface area (Å²) in [7, 11) is 0. The highest BCUT2D eigenvalue weighted by molar-refractivity contribution is 5.71. The Bertz CT molecular complexity index is 445. The summed E-state index contributed by atoms with van der Waals surface area (Å²) in [6, 6.07) is 5.18. The van der Waals surface area contributed by atoms with E-state index in [0.717, 1.165) is 5.69 Å². The van der Waals surface area contributed by atoms with Crippen LogP contribution in [0.2, 0.25) is 0 Å². The standard InChI is InChI=1S/C13H16FNO2/c1-8(2)15-7-9(6-12(16)17)13-10(14)4-3-5-11(13)15/h3-5,8-9H,6-7H2,1-2H3,(H,16,17). The van der Waals surface area contributed by atoms with Gasteiger partial charge in [-0.3, -0.25) is 4.79 Å². The van der Waals surface area contributed by atoms with Gasteiger partial charge in [0, 0.05) is 29.8 Å². The Morgan fingerprint density at radius 2 is 2.29 bits per heavy atom. The third-order valence-corrected chi connectivity index (χ3v) is 3.21. The molecule has 1 atom stereocenters. The molecule has 1 aromatic carbocycles. The summed E-state index contributed by atoms with van der Waals surface area (Å²) in [5.41, 5.74) is 1.40. The van der Waals surface area contributed by atoms with E-state index in [9.17, 15) is 9.18 Å². The quantitative estimate of drug-likeness (QED) is 0.878. The molecule has 17 heavy (non-hydrogen) atoms. The van der Waals surface area contributed by atoms with Crippen molar-refractivity contribution in [1.82, 2.24) is 0 Å². The molecule has 4 heteroatoms. The topological polar surface area (TPSA) is 40.5 Å². The van der Waals surface area contributed by atoms with Crippen LogP contribution in [0.3, 0.4) is 0 Å². The smallest absolute Gasteiger partial charge is 0.304 e. The van der Waals surface area contributed by atoms with Crippen molar-refractivity contribution < 1.29 is 14.3 Å². The molecule has 1 heterocycles. The number of hydrogen-bond acceptors (Lipinski definition) is 2. The van der Waals surface area contributed by atoms with Gasteiger partial charge in [0.05, 0.1) is 6.42 Å². The van der Waals surface area contributed by atoms with E-state index in [1.807, 2.05) is 19.9 Å². The Morgan fingerprint density at radius 3 is 2.88 bits per heavy atom. The van der Waals surface area contributed by atoms with Gasteiger partial charge in [-0.2, -0.15) is 0 Å². The van der Waals surface area contributed by atoms with Gasteiger partial charge in [-0.15, -0.1) is 0 Å². The predicted octanol–water partition coefficient (Wildman–Crippen LogP) is 2.61. The third kappa shape index (κ3) is 2.12. The van der Waals surface area contributed by atoms with Gasteiger partial charge in [-0.25, -0.2) is 4.39 Å². The van der Waals surface area contributed by atoms with Crippen molar-refractivity contribution in [3.63, 3.8) is 0 Å². The van der Waals surface area contributed by atoms with E-state index in [1.165, 1.54) is 6.07 Å². The molecule has 1 unspecified atom stereocenters. The molecule has 0 radical (unpaired) electrons. The highest BCUT2D eigenvalue weighted by Crippen LogP contribution is 2.40. The van der Waals surface area contributed by atoms with E-state index in [4.69, 9.17) is 5.11 Å². The molecule has 1 aliphatic rings. The number of carboxylic acid groups (broad SMARTS) is 1. The van der Waals surface area contributed by atoms with Crippen LogP contribution < -0.4 is 4.90 Å². The maximum Gasteiger partial charge on any atom is 0.304 e. The molecular weight excluding hydrogens is 221 g/mol. The number of fused-ring (bicyclic) bond motifs is 1. The van der Waals surface area contributed by atoms with Crippen molar-refractivity contribution >= 4 is 11.7 Å². The fourth-order valence-electron chi connectivity index (χ4n) is 2.47. The summed E-state index contributed by atoms with van der Waals surface area (Å²) >= 11 is 0. The summed E-state index contributed by atoms with van der Waals surface area (Å²) in [6.45, 7) is 4.63. The molecule has 0 fully saturated rings. The lowest BCUT2D eigenvalue weighted by molar-refractivity contribution is -0.137. The van der Waals surface area contributed by atoms with Gasteiger partial charge in [0.1, 0.15) is 5.82 Å². The largest absolute Gasteiger partial charge is 0.481 e. The van der Waals surface area contributed by atoms with E-state index >= 15 is 0 Å². The molecule has 0 saturated carbocycles. The number of carbonyl (C=O) groups is 1.